The molecule has 0 spiro atoms. The zero-order valence-electron chi connectivity index (χ0n) is 19.3. The number of rotatable bonds is 9. The summed E-state index contributed by atoms with van der Waals surface area (Å²) >= 11 is 0. The smallest absolute Gasteiger partial charge is 0.0435 e. The standard InChI is InChI=1S/C30H33N/c1-9-10-15-22(2)26(6)28-17-12-13-18-29(28)27(7)23(3)20-21-25(5)31(8)30-19-14-11-16-24(30)4/h9-21H,1-2,6-7H2,3-5,8H3. The Hall–Kier alpha value is -3.58. The topological polar surface area (TPSA) is 3.24 Å². The van der Waals surface area contributed by atoms with E-state index in [2.05, 4.69) is 108 Å². The Morgan fingerprint density at radius 3 is 2.03 bits per heavy atom. The summed E-state index contributed by atoms with van der Waals surface area (Å²) in [5, 5.41) is 0. The van der Waals surface area contributed by atoms with Crippen molar-refractivity contribution < 1.29 is 0 Å². The molecular weight excluding hydrogens is 374 g/mol. The van der Waals surface area contributed by atoms with Crippen molar-refractivity contribution in [1.82, 2.24) is 0 Å². The molecule has 158 valence electrons. The van der Waals surface area contributed by atoms with Gasteiger partial charge < -0.3 is 4.90 Å². The lowest BCUT2D eigenvalue weighted by molar-refractivity contribution is 1.08. The van der Waals surface area contributed by atoms with Crippen molar-refractivity contribution >= 4 is 16.8 Å². The number of allylic oxidation sites excluding steroid dienone is 10. The highest BCUT2D eigenvalue weighted by atomic mass is 15.1. The van der Waals surface area contributed by atoms with Crippen LogP contribution >= 0.6 is 0 Å². The molecule has 2 aromatic carbocycles. The molecule has 0 aliphatic carbocycles. The number of hydrogen-bond acceptors (Lipinski definition) is 1. The van der Waals surface area contributed by atoms with E-state index in [1.807, 2.05) is 24.3 Å². The van der Waals surface area contributed by atoms with Crippen molar-refractivity contribution in [2.24, 2.45) is 0 Å². The molecule has 0 fully saturated rings. The average Bonchev–Trinajstić information content (AvgIpc) is 2.79. The molecule has 1 nitrogen and oxygen atoms in total. The second kappa shape index (κ2) is 11.0. The fourth-order valence-corrected chi connectivity index (χ4v) is 3.27. The van der Waals surface area contributed by atoms with Gasteiger partial charge in [-0.2, -0.15) is 0 Å². The zero-order chi connectivity index (χ0) is 23.0. The first-order valence-corrected chi connectivity index (χ1v) is 10.4. The molecule has 2 aromatic rings. The molecule has 0 atom stereocenters. The van der Waals surface area contributed by atoms with E-state index in [4.69, 9.17) is 0 Å². The lowest BCUT2D eigenvalue weighted by Gasteiger charge is -2.22. The maximum atomic E-state index is 4.37. The van der Waals surface area contributed by atoms with Gasteiger partial charge in [-0.3, -0.25) is 0 Å². The van der Waals surface area contributed by atoms with Crippen molar-refractivity contribution in [3.05, 3.63) is 139 Å². The predicted octanol–water partition coefficient (Wildman–Crippen LogP) is 8.31. The molecule has 0 bridgehead atoms. The van der Waals surface area contributed by atoms with Crippen LogP contribution < -0.4 is 4.90 Å². The fraction of sp³-hybridized carbons (Fsp3) is 0.133. The normalized spacial score (nSPS) is 12.0. The average molecular weight is 408 g/mol. The van der Waals surface area contributed by atoms with Crippen LogP contribution in [0.4, 0.5) is 5.69 Å². The SMILES string of the molecule is C=CC=CC(=C)C(=C)c1ccccc1C(=C)C(C)=CC=C(C)N(C)c1ccccc1C. The molecule has 0 aromatic heterocycles. The van der Waals surface area contributed by atoms with Gasteiger partial charge in [-0.15, -0.1) is 0 Å². The third-order valence-electron chi connectivity index (χ3n) is 5.45. The van der Waals surface area contributed by atoms with Crippen molar-refractivity contribution in [1.29, 1.82) is 0 Å². The highest BCUT2D eigenvalue weighted by molar-refractivity contribution is 5.90. The van der Waals surface area contributed by atoms with E-state index < -0.39 is 0 Å². The minimum Gasteiger partial charge on any atom is -0.348 e. The number of nitrogens with zero attached hydrogens (tertiary/aromatic N) is 1. The lowest BCUT2D eigenvalue weighted by Crippen LogP contribution is -2.15. The third-order valence-corrected chi connectivity index (χ3v) is 5.45. The predicted molar refractivity (Wildman–Crippen MR) is 140 cm³/mol. The number of anilines is 1. The molecule has 0 N–H and O–H groups in total. The zero-order valence-corrected chi connectivity index (χ0v) is 19.3. The van der Waals surface area contributed by atoms with Crippen LogP contribution in [0, 0.1) is 6.92 Å². The van der Waals surface area contributed by atoms with E-state index in [9.17, 15) is 0 Å². The molecule has 0 aliphatic heterocycles. The maximum Gasteiger partial charge on any atom is 0.0435 e. The van der Waals surface area contributed by atoms with Gasteiger partial charge in [-0.25, -0.2) is 0 Å². The number of hydrogen-bond donors (Lipinski definition) is 0. The van der Waals surface area contributed by atoms with Gasteiger partial charge in [0.1, 0.15) is 0 Å². The monoisotopic (exact) mass is 407 g/mol. The first kappa shape index (κ1) is 23.7. The summed E-state index contributed by atoms with van der Waals surface area (Å²) in [6, 6.07) is 16.6. The van der Waals surface area contributed by atoms with E-state index in [1.54, 1.807) is 6.08 Å². The molecule has 0 saturated carbocycles. The van der Waals surface area contributed by atoms with Crippen LogP contribution in [-0.2, 0) is 0 Å². The van der Waals surface area contributed by atoms with Gasteiger partial charge in [0.25, 0.3) is 0 Å². The Balaban J connectivity index is 2.30. The van der Waals surface area contributed by atoms with Gasteiger partial charge in [-0.1, -0.05) is 93.1 Å². The van der Waals surface area contributed by atoms with Gasteiger partial charge in [-0.05, 0) is 71.9 Å². The molecule has 2 rings (SSSR count). The second-order valence-electron chi connectivity index (χ2n) is 7.63. The van der Waals surface area contributed by atoms with E-state index >= 15 is 0 Å². The lowest BCUT2D eigenvalue weighted by atomic mass is 9.89. The fourth-order valence-electron chi connectivity index (χ4n) is 3.27. The summed E-state index contributed by atoms with van der Waals surface area (Å²) in [5.74, 6) is 0. The summed E-state index contributed by atoms with van der Waals surface area (Å²) in [5.41, 5.74) is 9.53. The Morgan fingerprint density at radius 1 is 0.839 bits per heavy atom. The van der Waals surface area contributed by atoms with Gasteiger partial charge in [0, 0.05) is 18.4 Å². The molecule has 0 amide bonds. The molecular formula is C30H33N. The largest absolute Gasteiger partial charge is 0.348 e. The highest BCUT2D eigenvalue weighted by Crippen LogP contribution is 2.31. The molecule has 0 heterocycles. The Labute approximate surface area is 188 Å². The highest BCUT2D eigenvalue weighted by Gasteiger charge is 2.11. The Bertz CT molecular complexity index is 1090. The molecule has 0 unspecified atom stereocenters. The summed E-state index contributed by atoms with van der Waals surface area (Å²) in [7, 11) is 2.09. The van der Waals surface area contributed by atoms with E-state index in [0.29, 0.717) is 0 Å². The first-order valence-electron chi connectivity index (χ1n) is 10.4. The van der Waals surface area contributed by atoms with Crippen LogP contribution in [0.2, 0.25) is 0 Å². The summed E-state index contributed by atoms with van der Waals surface area (Å²) < 4.78 is 0. The van der Waals surface area contributed by atoms with Crippen LogP contribution in [0.15, 0.2) is 122 Å². The quantitative estimate of drug-likeness (QED) is 0.378. The summed E-state index contributed by atoms with van der Waals surface area (Å²) in [4.78, 5) is 2.20. The number of aryl methyl sites for hydroxylation is 1. The second-order valence-corrected chi connectivity index (χ2v) is 7.63. The van der Waals surface area contributed by atoms with E-state index in [-0.39, 0.29) is 0 Å². The van der Waals surface area contributed by atoms with Crippen LogP contribution in [0.5, 0.6) is 0 Å². The minimum atomic E-state index is 0.859. The Morgan fingerprint density at radius 2 is 1.42 bits per heavy atom. The van der Waals surface area contributed by atoms with Gasteiger partial charge in [0.15, 0.2) is 0 Å². The van der Waals surface area contributed by atoms with Crippen LogP contribution in [0.25, 0.3) is 11.1 Å². The van der Waals surface area contributed by atoms with Gasteiger partial charge in [0.2, 0.25) is 0 Å². The molecule has 1 heteroatoms. The third kappa shape index (κ3) is 5.96. The van der Waals surface area contributed by atoms with Crippen molar-refractivity contribution in [2.75, 3.05) is 11.9 Å². The van der Waals surface area contributed by atoms with Crippen molar-refractivity contribution in [3.8, 4) is 0 Å². The van der Waals surface area contributed by atoms with E-state index in [1.165, 1.54) is 11.3 Å². The van der Waals surface area contributed by atoms with Crippen LogP contribution in [0.3, 0.4) is 0 Å². The number of benzene rings is 2. The molecule has 31 heavy (non-hydrogen) atoms. The maximum absolute atomic E-state index is 4.37. The van der Waals surface area contributed by atoms with Crippen LogP contribution in [-0.4, -0.2) is 7.05 Å². The molecule has 0 radical (unpaired) electrons. The summed E-state index contributed by atoms with van der Waals surface area (Å²) in [6.07, 6.45) is 9.78. The summed E-state index contributed by atoms with van der Waals surface area (Å²) in [6.45, 7) is 22.8. The number of para-hydroxylation sites is 1. The Kier molecular flexibility index (Phi) is 8.40. The van der Waals surface area contributed by atoms with Gasteiger partial charge >= 0.3 is 0 Å². The van der Waals surface area contributed by atoms with E-state index in [0.717, 1.165) is 39.1 Å². The minimum absolute atomic E-state index is 0.859. The molecule has 0 aliphatic rings. The van der Waals surface area contributed by atoms with Gasteiger partial charge in [0.05, 0.1) is 0 Å². The van der Waals surface area contributed by atoms with Crippen molar-refractivity contribution in [3.63, 3.8) is 0 Å². The van der Waals surface area contributed by atoms with Crippen LogP contribution in [0.1, 0.15) is 30.5 Å². The van der Waals surface area contributed by atoms with Crippen molar-refractivity contribution in [2.45, 2.75) is 20.8 Å². The molecule has 0 saturated heterocycles. The first-order chi connectivity index (χ1) is 14.8.